The minimum atomic E-state index is -1.17. The van der Waals surface area contributed by atoms with E-state index in [0.29, 0.717) is 27.5 Å². The molecule has 164 valence electrons. The van der Waals surface area contributed by atoms with Gasteiger partial charge in [0.25, 0.3) is 0 Å². The number of rotatable bonds is 7. The highest BCUT2D eigenvalue weighted by Gasteiger charge is 2.34. The van der Waals surface area contributed by atoms with Crippen molar-refractivity contribution in [1.82, 2.24) is 9.97 Å². The van der Waals surface area contributed by atoms with Gasteiger partial charge in [0.1, 0.15) is 22.9 Å². The van der Waals surface area contributed by atoms with Crippen molar-refractivity contribution in [1.29, 1.82) is 5.26 Å². The lowest BCUT2D eigenvalue weighted by Gasteiger charge is -2.22. The van der Waals surface area contributed by atoms with E-state index >= 15 is 0 Å². The van der Waals surface area contributed by atoms with E-state index in [1.807, 2.05) is 6.07 Å². The smallest absolute Gasteiger partial charge is 0.236 e. The second-order valence-electron chi connectivity index (χ2n) is 7.98. The Kier molecular flexibility index (Phi) is 6.04. The van der Waals surface area contributed by atoms with E-state index in [4.69, 9.17) is 5.26 Å². The second kappa shape index (κ2) is 8.76. The molecule has 7 nitrogen and oxygen atoms in total. The van der Waals surface area contributed by atoms with Crippen molar-refractivity contribution in [3.63, 3.8) is 0 Å². The summed E-state index contributed by atoms with van der Waals surface area (Å²) >= 11 is 1.28. The van der Waals surface area contributed by atoms with E-state index in [-0.39, 0.29) is 10.9 Å². The lowest BCUT2D eigenvalue weighted by atomic mass is 9.89. The second-order valence-corrected chi connectivity index (χ2v) is 10.3. The van der Waals surface area contributed by atoms with Crippen LogP contribution in [0.5, 0.6) is 0 Å². The Balaban J connectivity index is 1.48. The van der Waals surface area contributed by atoms with Crippen LogP contribution in [0.4, 0.5) is 15.2 Å². The van der Waals surface area contributed by atoms with Gasteiger partial charge in [-0.1, -0.05) is 6.07 Å². The number of pyridine rings is 1. The van der Waals surface area contributed by atoms with Gasteiger partial charge in [0.05, 0.1) is 27.6 Å². The maximum Gasteiger partial charge on any atom is 0.236 e. The summed E-state index contributed by atoms with van der Waals surface area (Å²) in [5.74, 6) is -1.02. The van der Waals surface area contributed by atoms with E-state index < -0.39 is 28.1 Å². The Morgan fingerprint density at radius 1 is 1.28 bits per heavy atom. The van der Waals surface area contributed by atoms with Crippen molar-refractivity contribution < 1.29 is 13.4 Å². The van der Waals surface area contributed by atoms with Crippen molar-refractivity contribution in [2.24, 2.45) is 0 Å². The molecule has 2 N–H and O–H groups in total. The summed E-state index contributed by atoms with van der Waals surface area (Å²) in [5, 5.41) is 14.0. The number of halogens is 1. The number of nitrogens with zero attached hydrogens (tertiary/aromatic N) is 3. The van der Waals surface area contributed by atoms with Gasteiger partial charge >= 0.3 is 0 Å². The fourth-order valence-electron chi connectivity index (χ4n) is 2.91. The monoisotopic (exact) mass is 469 g/mol. The summed E-state index contributed by atoms with van der Waals surface area (Å²) < 4.78 is 29.7. The highest BCUT2D eigenvalue weighted by atomic mass is 32.2. The first-order valence-electron chi connectivity index (χ1n) is 9.87. The lowest BCUT2D eigenvalue weighted by molar-refractivity contribution is -0.120. The standard InChI is InChI=1S/C22H20FN5O2S2/c1-22(2,19-12-31-21(27-19)28-32(30)16-4-5-16)20(29)26-18-6-3-14(8-17(18)23)15-7-13(9-24)10-25-11-15/h3,6-8,10-12,16H,4-5H2,1-2H3,(H,26,29)(H,27,28). The van der Waals surface area contributed by atoms with Crippen LogP contribution < -0.4 is 10.0 Å². The maximum absolute atomic E-state index is 14.7. The third-order valence-electron chi connectivity index (χ3n) is 5.15. The largest absolute Gasteiger partial charge is 0.323 e. The fourth-order valence-corrected chi connectivity index (χ4v) is 5.02. The molecule has 0 spiro atoms. The molecule has 4 rings (SSSR count). The lowest BCUT2D eigenvalue weighted by Crippen LogP contribution is -2.35. The normalized spacial score (nSPS) is 14.4. The minimum absolute atomic E-state index is 0.0413. The Hall–Kier alpha value is -3.16. The number of anilines is 2. The quantitative estimate of drug-likeness (QED) is 0.534. The highest BCUT2D eigenvalue weighted by molar-refractivity contribution is 7.87. The Morgan fingerprint density at radius 2 is 2.06 bits per heavy atom. The third-order valence-corrected chi connectivity index (χ3v) is 7.50. The fraction of sp³-hybridized carbons (Fsp3) is 0.273. The Bertz CT molecular complexity index is 1250. The first kappa shape index (κ1) is 22.0. The van der Waals surface area contributed by atoms with Crippen LogP contribution in [0, 0.1) is 17.1 Å². The van der Waals surface area contributed by atoms with Gasteiger partial charge in [0.2, 0.25) is 5.91 Å². The summed E-state index contributed by atoms with van der Waals surface area (Å²) in [6.45, 7) is 3.40. The molecule has 32 heavy (non-hydrogen) atoms. The number of aromatic nitrogens is 2. The summed E-state index contributed by atoms with van der Waals surface area (Å²) in [7, 11) is -1.17. The van der Waals surface area contributed by atoms with Crippen molar-refractivity contribution >= 4 is 39.0 Å². The van der Waals surface area contributed by atoms with Crippen molar-refractivity contribution in [3.05, 3.63) is 59.1 Å². The number of thiazole rings is 1. The Labute approximate surface area is 191 Å². The predicted octanol–water partition coefficient (Wildman–Crippen LogP) is 4.37. The number of nitriles is 1. The molecule has 0 aliphatic heterocycles. The zero-order valence-electron chi connectivity index (χ0n) is 17.4. The third kappa shape index (κ3) is 4.69. The van der Waals surface area contributed by atoms with E-state index in [2.05, 4.69) is 20.0 Å². The summed E-state index contributed by atoms with van der Waals surface area (Å²) in [4.78, 5) is 21.3. The van der Waals surface area contributed by atoms with Crippen molar-refractivity contribution in [3.8, 4) is 17.2 Å². The average molecular weight is 470 g/mol. The molecule has 1 atom stereocenters. The first-order chi connectivity index (χ1) is 15.3. The number of hydrogen-bond acceptors (Lipinski definition) is 6. The van der Waals surface area contributed by atoms with Crippen LogP contribution in [0.2, 0.25) is 0 Å². The minimum Gasteiger partial charge on any atom is -0.323 e. The molecule has 1 amide bonds. The Morgan fingerprint density at radius 3 is 2.75 bits per heavy atom. The van der Waals surface area contributed by atoms with Gasteiger partial charge in [0.15, 0.2) is 5.13 Å². The summed E-state index contributed by atoms with van der Waals surface area (Å²) in [6, 6.07) is 8.04. The molecule has 3 aromatic rings. The van der Waals surface area contributed by atoms with Crippen LogP contribution in [0.15, 0.2) is 42.0 Å². The van der Waals surface area contributed by atoms with Gasteiger partial charge < -0.3 is 5.32 Å². The van der Waals surface area contributed by atoms with E-state index in [1.54, 1.807) is 37.6 Å². The molecular weight excluding hydrogens is 449 g/mol. The van der Waals surface area contributed by atoms with Crippen molar-refractivity contribution in [2.75, 3.05) is 10.0 Å². The first-order valence-corrected chi connectivity index (χ1v) is 12.0. The topological polar surface area (TPSA) is 108 Å². The van der Waals surface area contributed by atoms with E-state index in [0.717, 1.165) is 12.8 Å². The number of hydrogen-bond donors (Lipinski definition) is 2. The molecule has 1 aromatic carbocycles. The number of carbonyl (C=O) groups excluding carboxylic acids is 1. The molecule has 10 heteroatoms. The highest BCUT2D eigenvalue weighted by Crippen LogP contribution is 2.32. The van der Waals surface area contributed by atoms with Gasteiger partial charge in [0, 0.05) is 23.3 Å². The SMILES string of the molecule is CC(C)(C(=O)Nc1ccc(-c2cncc(C#N)c2)cc1F)c1csc(NS(=O)C2CC2)n1. The van der Waals surface area contributed by atoms with Crippen LogP contribution in [0.3, 0.4) is 0 Å². The van der Waals surface area contributed by atoms with Gasteiger partial charge in [-0.2, -0.15) is 5.26 Å². The predicted molar refractivity (Wildman–Crippen MR) is 123 cm³/mol. The van der Waals surface area contributed by atoms with E-state index in [1.165, 1.54) is 29.7 Å². The number of nitrogens with one attached hydrogen (secondary N) is 2. The molecule has 0 bridgehead atoms. The van der Waals surface area contributed by atoms with Gasteiger partial charge in [-0.05, 0) is 50.5 Å². The molecule has 0 saturated heterocycles. The number of amides is 1. The number of carbonyl (C=O) groups is 1. The molecule has 1 aliphatic rings. The van der Waals surface area contributed by atoms with Crippen LogP contribution in [0.25, 0.3) is 11.1 Å². The molecule has 1 aliphatic carbocycles. The summed E-state index contributed by atoms with van der Waals surface area (Å²) in [6.07, 6.45) is 4.85. The molecule has 1 unspecified atom stereocenters. The van der Waals surface area contributed by atoms with Crippen LogP contribution in [-0.2, 0) is 21.2 Å². The number of benzene rings is 1. The molecular formula is C22H20FN5O2S2. The van der Waals surface area contributed by atoms with Crippen molar-refractivity contribution in [2.45, 2.75) is 37.4 Å². The van der Waals surface area contributed by atoms with Gasteiger partial charge in [-0.25, -0.2) is 13.6 Å². The van der Waals surface area contributed by atoms with Crippen LogP contribution in [0.1, 0.15) is 37.9 Å². The molecule has 2 aromatic heterocycles. The molecule has 0 radical (unpaired) electrons. The van der Waals surface area contributed by atoms with Crippen LogP contribution >= 0.6 is 11.3 Å². The van der Waals surface area contributed by atoms with Crippen LogP contribution in [-0.4, -0.2) is 25.3 Å². The molecule has 2 heterocycles. The van der Waals surface area contributed by atoms with E-state index in [9.17, 15) is 13.4 Å². The zero-order valence-corrected chi connectivity index (χ0v) is 19.0. The zero-order chi connectivity index (χ0) is 22.9. The molecule has 1 fully saturated rings. The van der Waals surface area contributed by atoms with Gasteiger partial charge in [-0.15, -0.1) is 11.3 Å². The average Bonchev–Trinajstić information content (AvgIpc) is 3.53. The summed E-state index contributed by atoms with van der Waals surface area (Å²) in [5.41, 5.74) is 1.04. The van der Waals surface area contributed by atoms with Gasteiger partial charge in [-0.3, -0.25) is 14.5 Å². The maximum atomic E-state index is 14.7. The molecule has 1 saturated carbocycles.